The summed E-state index contributed by atoms with van der Waals surface area (Å²) in [5.41, 5.74) is 0.213. The zero-order chi connectivity index (χ0) is 8.45. The second-order valence-corrected chi connectivity index (χ2v) is 8.14. The van der Waals surface area contributed by atoms with E-state index in [1.807, 2.05) is 6.66 Å². The molecule has 0 amide bonds. The summed E-state index contributed by atoms with van der Waals surface area (Å²) in [4.78, 5) is 0. The van der Waals surface area contributed by atoms with Gasteiger partial charge in [-0.1, -0.05) is 12.8 Å². The molecule has 1 saturated carbocycles. The fourth-order valence-electron chi connectivity index (χ4n) is 3.37. The first-order valence-corrected chi connectivity index (χ1v) is 7.36. The summed E-state index contributed by atoms with van der Waals surface area (Å²) in [5.74, 6) is 0. The molecule has 12 heavy (non-hydrogen) atoms. The van der Waals surface area contributed by atoms with E-state index in [1.54, 1.807) is 0 Å². The van der Waals surface area contributed by atoms with Crippen LogP contribution in [0.3, 0.4) is 0 Å². The van der Waals surface area contributed by atoms with Gasteiger partial charge in [-0.25, -0.2) is 0 Å². The molecule has 0 aromatic heterocycles. The Labute approximate surface area is 73.0 Å². The zero-order valence-corrected chi connectivity index (χ0v) is 8.40. The summed E-state index contributed by atoms with van der Waals surface area (Å²) in [7, 11) is -1.80. The average Bonchev–Trinajstić information content (AvgIpc) is 2.45. The van der Waals surface area contributed by atoms with E-state index in [0.717, 1.165) is 12.3 Å². The maximum Gasteiger partial charge on any atom is 0.105 e. The largest absolute Gasteiger partial charge is 0.362 e. The topological polar surface area (TPSA) is 29.6 Å². The minimum atomic E-state index is -1.80. The molecule has 1 unspecified atom stereocenters. The zero-order valence-electron chi connectivity index (χ0n) is 7.51. The van der Waals surface area contributed by atoms with E-state index < -0.39 is 7.14 Å². The van der Waals surface area contributed by atoms with Gasteiger partial charge in [0.05, 0.1) is 7.14 Å². The Kier molecular flexibility index (Phi) is 1.16. The van der Waals surface area contributed by atoms with Gasteiger partial charge in [0.15, 0.2) is 0 Å². The monoisotopic (exact) mass is 186 g/mol. The van der Waals surface area contributed by atoms with E-state index in [4.69, 9.17) is 4.74 Å². The molecule has 0 spiro atoms. The second kappa shape index (κ2) is 1.83. The third kappa shape index (κ3) is 0.736. The van der Waals surface area contributed by atoms with Crippen molar-refractivity contribution in [1.29, 1.82) is 0 Å². The van der Waals surface area contributed by atoms with Gasteiger partial charge in [-0.3, -0.25) is 0 Å². The molecule has 2 saturated heterocycles. The summed E-state index contributed by atoms with van der Waals surface area (Å²) < 4.78 is 17.8. The number of rotatable bonds is 0. The lowest BCUT2D eigenvalue weighted by Gasteiger charge is -2.16. The Balaban J connectivity index is 1.98. The molecule has 2 aliphatic heterocycles. The number of hydrogen-bond donors (Lipinski definition) is 0. The number of epoxide rings is 1. The van der Waals surface area contributed by atoms with Crippen LogP contribution in [-0.2, 0) is 9.30 Å². The van der Waals surface area contributed by atoms with Crippen molar-refractivity contribution in [2.24, 2.45) is 0 Å². The molecule has 0 aromatic carbocycles. The normalized spacial score (nSPS) is 62.4. The van der Waals surface area contributed by atoms with Gasteiger partial charge in [0.1, 0.15) is 11.2 Å². The van der Waals surface area contributed by atoms with Crippen LogP contribution < -0.4 is 0 Å². The van der Waals surface area contributed by atoms with Gasteiger partial charge in [-0.2, -0.15) is 0 Å². The Morgan fingerprint density at radius 3 is 2.17 bits per heavy atom. The fourth-order valence-corrected chi connectivity index (χ4v) is 6.67. The van der Waals surface area contributed by atoms with E-state index in [2.05, 4.69) is 0 Å². The van der Waals surface area contributed by atoms with Crippen molar-refractivity contribution in [2.45, 2.75) is 36.9 Å². The molecule has 2 heterocycles. The first-order chi connectivity index (χ1) is 5.58. The summed E-state index contributed by atoms with van der Waals surface area (Å²) >= 11 is 0. The van der Waals surface area contributed by atoms with Crippen LogP contribution in [0.15, 0.2) is 0 Å². The molecule has 3 atom stereocenters. The van der Waals surface area contributed by atoms with E-state index in [0.29, 0.717) is 0 Å². The van der Waals surface area contributed by atoms with Gasteiger partial charge in [-0.05, 0) is 19.5 Å². The molecular weight excluding hydrogens is 171 g/mol. The quantitative estimate of drug-likeness (QED) is 0.428. The first kappa shape index (κ1) is 7.58. The fraction of sp³-hybridized carbons (Fsp3) is 1.00. The van der Waals surface area contributed by atoms with Crippen molar-refractivity contribution in [3.8, 4) is 0 Å². The molecule has 0 radical (unpaired) electrons. The minimum Gasteiger partial charge on any atom is -0.362 e. The van der Waals surface area contributed by atoms with Crippen LogP contribution in [0, 0.1) is 0 Å². The Hall–Kier alpha value is 0.190. The van der Waals surface area contributed by atoms with Crippen LogP contribution >= 0.6 is 7.14 Å². The predicted octanol–water partition coefficient (Wildman–Crippen LogP) is 2.07. The molecule has 0 aromatic rings. The Bertz CT molecular complexity index is 256. The molecule has 3 aliphatic rings. The summed E-state index contributed by atoms with van der Waals surface area (Å²) in [5, 5.41) is 0. The van der Waals surface area contributed by atoms with Crippen LogP contribution in [0.4, 0.5) is 0 Å². The number of ether oxygens (including phenoxy) is 1. The lowest BCUT2D eigenvalue weighted by molar-refractivity contribution is 0.273. The molecule has 3 heteroatoms. The molecule has 0 N–H and O–H groups in total. The van der Waals surface area contributed by atoms with Crippen LogP contribution in [0.2, 0.25) is 0 Å². The van der Waals surface area contributed by atoms with Crippen molar-refractivity contribution in [3.63, 3.8) is 0 Å². The van der Waals surface area contributed by atoms with Gasteiger partial charge in [0, 0.05) is 12.3 Å². The number of hydrogen-bond acceptors (Lipinski definition) is 2. The van der Waals surface area contributed by atoms with Gasteiger partial charge < -0.3 is 9.30 Å². The van der Waals surface area contributed by atoms with Crippen LogP contribution in [0.5, 0.6) is 0 Å². The highest BCUT2D eigenvalue weighted by molar-refractivity contribution is 7.63. The predicted molar refractivity (Wildman–Crippen MR) is 48.3 cm³/mol. The maximum atomic E-state index is 11.9. The Morgan fingerprint density at radius 1 is 1.17 bits per heavy atom. The highest BCUT2D eigenvalue weighted by Crippen LogP contribution is 2.73. The summed E-state index contributed by atoms with van der Waals surface area (Å²) in [6, 6.07) is 0. The van der Waals surface area contributed by atoms with Gasteiger partial charge in [0.2, 0.25) is 0 Å². The van der Waals surface area contributed by atoms with Crippen LogP contribution in [0.1, 0.15) is 25.7 Å². The van der Waals surface area contributed by atoms with Crippen LogP contribution in [-0.4, -0.2) is 30.2 Å². The molecule has 0 bridgehead atoms. The van der Waals surface area contributed by atoms with Crippen molar-refractivity contribution >= 4 is 7.14 Å². The van der Waals surface area contributed by atoms with Crippen molar-refractivity contribution in [1.82, 2.24) is 0 Å². The third-order valence-electron chi connectivity index (χ3n) is 3.77. The smallest absolute Gasteiger partial charge is 0.105 e. The lowest BCUT2D eigenvalue weighted by Crippen LogP contribution is -2.27. The average molecular weight is 186 g/mol. The lowest BCUT2D eigenvalue weighted by atomic mass is 9.82. The SMILES string of the molecule is CP1(=O)C[C@]23CCCC[C@@]2(C1)O3. The third-order valence-corrected chi connectivity index (χ3v) is 6.13. The second-order valence-electron chi connectivity index (χ2n) is 4.91. The minimum absolute atomic E-state index is 0.107. The molecule has 2 nitrogen and oxygen atoms in total. The molecule has 1 aliphatic carbocycles. The summed E-state index contributed by atoms with van der Waals surface area (Å²) in [6.07, 6.45) is 6.65. The highest BCUT2D eigenvalue weighted by Gasteiger charge is 2.76. The molecule has 3 fully saturated rings. The van der Waals surface area contributed by atoms with Crippen molar-refractivity contribution < 1.29 is 9.30 Å². The van der Waals surface area contributed by atoms with Gasteiger partial charge in [-0.15, -0.1) is 0 Å². The van der Waals surface area contributed by atoms with Crippen molar-refractivity contribution in [2.75, 3.05) is 19.0 Å². The van der Waals surface area contributed by atoms with Crippen LogP contribution in [0.25, 0.3) is 0 Å². The Morgan fingerprint density at radius 2 is 1.67 bits per heavy atom. The van der Waals surface area contributed by atoms with E-state index in [-0.39, 0.29) is 11.2 Å². The summed E-state index contributed by atoms with van der Waals surface area (Å²) in [6.45, 7) is 1.96. The van der Waals surface area contributed by atoms with E-state index in [9.17, 15) is 4.57 Å². The van der Waals surface area contributed by atoms with Gasteiger partial charge >= 0.3 is 0 Å². The first-order valence-electron chi connectivity index (χ1n) is 4.83. The highest BCUT2D eigenvalue weighted by atomic mass is 31.2. The standard InChI is InChI=1S/C9H15O2P/c1-12(10)6-8-4-2-3-5-9(8,7-12)11-8/h2-7H2,1H3/t8-,9+,12?. The van der Waals surface area contributed by atoms with Gasteiger partial charge in [0.25, 0.3) is 0 Å². The van der Waals surface area contributed by atoms with Crippen molar-refractivity contribution in [3.05, 3.63) is 0 Å². The van der Waals surface area contributed by atoms with E-state index >= 15 is 0 Å². The van der Waals surface area contributed by atoms with E-state index in [1.165, 1.54) is 25.7 Å². The molecule has 3 rings (SSSR count). The maximum absolute atomic E-state index is 11.9. The molecule has 68 valence electrons. The molecular formula is C9H15O2P.